The van der Waals surface area contributed by atoms with E-state index in [1.807, 2.05) is 32.0 Å². The Balaban J connectivity index is 0.000000169. The van der Waals surface area contributed by atoms with Crippen LogP contribution in [0.5, 0.6) is 0 Å². The molecule has 0 spiro atoms. The molecular formula is C42H45FN8O4. The average Bonchev–Trinajstić information content (AvgIpc) is 4.12. The van der Waals surface area contributed by atoms with Crippen LogP contribution in [-0.4, -0.2) is 55.0 Å². The van der Waals surface area contributed by atoms with Gasteiger partial charge in [0.15, 0.2) is 11.6 Å². The van der Waals surface area contributed by atoms with Gasteiger partial charge >= 0.3 is 0 Å². The van der Waals surface area contributed by atoms with E-state index in [4.69, 9.17) is 11.5 Å². The largest absolute Gasteiger partial charge is 0.383 e. The summed E-state index contributed by atoms with van der Waals surface area (Å²) in [6.45, 7) is 3.82. The van der Waals surface area contributed by atoms with E-state index in [0.717, 1.165) is 68.2 Å². The van der Waals surface area contributed by atoms with E-state index in [0.29, 0.717) is 39.8 Å². The van der Waals surface area contributed by atoms with E-state index in [9.17, 15) is 23.6 Å². The number of nitrogens with one attached hydrogen (secondary N) is 2. The first-order valence-corrected chi connectivity index (χ1v) is 18.8. The number of aromatic nitrogens is 4. The summed E-state index contributed by atoms with van der Waals surface area (Å²) >= 11 is 0. The molecule has 3 aliphatic rings. The van der Waals surface area contributed by atoms with Crippen LogP contribution in [0.3, 0.4) is 0 Å². The highest BCUT2D eigenvalue weighted by Gasteiger charge is 2.28. The zero-order valence-corrected chi connectivity index (χ0v) is 31.0. The molecule has 3 saturated carbocycles. The molecule has 0 bridgehead atoms. The van der Waals surface area contributed by atoms with E-state index in [1.54, 1.807) is 29.1 Å². The topological polar surface area (TPSA) is 180 Å². The lowest BCUT2D eigenvalue weighted by Crippen LogP contribution is -2.25. The van der Waals surface area contributed by atoms with Gasteiger partial charge in [-0.15, -0.1) is 0 Å². The number of nitrogen functional groups attached to an aromatic ring is 2. The molecule has 13 heteroatoms. The van der Waals surface area contributed by atoms with Crippen molar-refractivity contribution in [1.82, 2.24) is 30.2 Å². The zero-order chi connectivity index (χ0) is 38.8. The summed E-state index contributed by atoms with van der Waals surface area (Å²) in [4.78, 5) is 50.3. The second-order valence-electron chi connectivity index (χ2n) is 14.7. The van der Waals surface area contributed by atoms with Crippen molar-refractivity contribution in [3.05, 3.63) is 118 Å². The number of nitrogens with zero attached hydrogens (tertiary/aromatic N) is 4. The first-order valence-electron chi connectivity index (χ1n) is 18.8. The number of nitrogens with two attached hydrogens (primary N) is 2. The fraction of sp³-hybridized carbons (Fsp3) is 0.333. The minimum absolute atomic E-state index is 0.0513. The van der Waals surface area contributed by atoms with Crippen molar-refractivity contribution < 1.29 is 23.6 Å². The maximum absolute atomic E-state index is 13.1. The summed E-state index contributed by atoms with van der Waals surface area (Å²) in [5.74, 6) is -0.318. The fourth-order valence-electron chi connectivity index (χ4n) is 6.76. The molecule has 3 aliphatic carbocycles. The van der Waals surface area contributed by atoms with Gasteiger partial charge in [0.2, 0.25) is 0 Å². The standard InChI is InChI=1S/C21H19FN4O2.C21H26N4O2/c1-12-2-3-14(21(28)25-16-8-9-16)10-18(12)26-20(23)17(11-24-26)19(27)13-4-6-15(22)7-5-13;1-13-7-8-15(21(27)24-16-9-10-16)11-18(13)25-20(22)17(12-23-25)19(26)14-5-3-2-4-6-14/h2-7,10-11,16H,8-9,23H2,1H3,(H,25,28);7-8,11-12,14,16H,2-6,9-10,22H2,1H3,(H,24,27). The van der Waals surface area contributed by atoms with Crippen LogP contribution in [0.2, 0.25) is 0 Å². The summed E-state index contributed by atoms with van der Waals surface area (Å²) in [6, 6.07) is 16.6. The van der Waals surface area contributed by atoms with Crippen LogP contribution >= 0.6 is 0 Å². The van der Waals surface area contributed by atoms with Gasteiger partial charge in [-0.25, -0.2) is 13.8 Å². The minimum atomic E-state index is -0.419. The van der Waals surface area contributed by atoms with Crippen LogP contribution in [0.15, 0.2) is 73.1 Å². The Morgan fingerprint density at radius 3 is 1.58 bits per heavy atom. The monoisotopic (exact) mass is 744 g/mol. The zero-order valence-electron chi connectivity index (χ0n) is 31.0. The molecule has 2 amide bonds. The first kappa shape index (κ1) is 37.2. The maximum Gasteiger partial charge on any atom is 0.251 e. The Morgan fingerprint density at radius 1 is 0.636 bits per heavy atom. The van der Waals surface area contributed by atoms with Crippen molar-refractivity contribution in [3.8, 4) is 11.4 Å². The van der Waals surface area contributed by atoms with Crippen LogP contribution in [0.4, 0.5) is 16.0 Å². The van der Waals surface area contributed by atoms with Crippen LogP contribution in [0.25, 0.3) is 11.4 Å². The number of rotatable bonds is 10. The van der Waals surface area contributed by atoms with Crippen molar-refractivity contribution in [2.45, 2.75) is 83.7 Å². The molecule has 2 aromatic heterocycles. The lowest BCUT2D eigenvalue weighted by Gasteiger charge is -2.19. The van der Waals surface area contributed by atoms with Gasteiger partial charge in [-0.1, -0.05) is 31.4 Å². The molecule has 0 saturated heterocycles. The van der Waals surface area contributed by atoms with Crippen molar-refractivity contribution in [2.24, 2.45) is 5.92 Å². The number of anilines is 2. The molecule has 284 valence electrons. The number of halogens is 1. The fourth-order valence-corrected chi connectivity index (χ4v) is 6.76. The molecule has 0 atom stereocenters. The smallest absolute Gasteiger partial charge is 0.251 e. The van der Waals surface area contributed by atoms with Gasteiger partial charge in [-0.3, -0.25) is 19.2 Å². The predicted molar refractivity (Wildman–Crippen MR) is 207 cm³/mol. The molecule has 0 unspecified atom stereocenters. The highest BCUT2D eigenvalue weighted by atomic mass is 19.1. The summed E-state index contributed by atoms with van der Waals surface area (Å²) in [6.07, 6.45) is 12.3. The van der Waals surface area contributed by atoms with Gasteiger partial charge in [0.05, 0.1) is 34.9 Å². The molecule has 3 aromatic carbocycles. The van der Waals surface area contributed by atoms with Crippen molar-refractivity contribution in [3.63, 3.8) is 0 Å². The Morgan fingerprint density at radius 2 is 1.09 bits per heavy atom. The van der Waals surface area contributed by atoms with Crippen LogP contribution in [-0.2, 0) is 0 Å². The number of Topliss-reactive ketones (excluding diaryl/α,β-unsaturated/α-hetero) is 1. The number of carbonyl (C=O) groups is 4. The van der Waals surface area contributed by atoms with Gasteiger partial charge in [0.25, 0.3) is 11.8 Å². The molecule has 2 heterocycles. The van der Waals surface area contributed by atoms with Crippen molar-refractivity contribution in [1.29, 1.82) is 0 Å². The summed E-state index contributed by atoms with van der Waals surface area (Å²) in [5.41, 5.74) is 17.8. The van der Waals surface area contributed by atoms with Crippen molar-refractivity contribution >= 4 is 35.0 Å². The van der Waals surface area contributed by atoms with Gasteiger partial charge in [-0.2, -0.15) is 10.2 Å². The molecule has 0 radical (unpaired) electrons. The normalized spacial score (nSPS) is 15.5. The van der Waals surface area contributed by atoms with Gasteiger partial charge in [0, 0.05) is 34.7 Å². The molecular weight excluding hydrogens is 700 g/mol. The first-order chi connectivity index (χ1) is 26.5. The molecule has 5 aromatic rings. The number of amides is 2. The Kier molecular flexibility index (Phi) is 10.6. The Bertz CT molecular complexity index is 2260. The number of hydrogen-bond acceptors (Lipinski definition) is 8. The SMILES string of the molecule is Cc1ccc(C(=O)NC2CC2)cc1-n1ncc(C(=O)C2CCCCC2)c1N.Cc1ccc(C(=O)NC2CC2)cc1-n1ncc(C(=O)c2ccc(F)cc2)c1N. The minimum Gasteiger partial charge on any atom is -0.383 e. The highest BCUT2D eigenvalue weighted by molar-refractivity contribution is 6.11. The van der Waals surface area contributed by atoms with Gasteiger partial charge < -0.3 is 22.1 Å². The average molecular weight is 745 g/mol. The second-order valence-corrected chi connectivity index (χ2v) is 14.7. The molecule has 55 heavy (non-hydrogen) atoms. The maximum atomic E-state index is 13.1. The Hall–Kier alpha value is -6.11. The van der Waals surface area contributed by atoms with E-state index in [-0.39, 0.29) is 46.7 Å². The highest BCUT2D eigenvalue weighted by Crippen LogP contribution is 2.31. The van der Waals surface area contributed by atoms with Crippen LogP contribution in [0, 0.1) is 25.6 Å². The molecule has 6 N–H and O–H groups in total. The third-order valence-corrected chi connectivity index (χ3v) is 10.4. The van der Waals surface area contributed by atoms with E-state index in [1.165, 1.54) is 41.6 Å². The predicted octanol–water partition coefficient (Wildman–Crippen LogP) is 6.44. The number of ketones is 2. The number of carbonyl (C=O) groups excluding carboxylic acids is 4. The Labute approximate surface area is 318 Å². The third kappa shape index (κ3) is 8.35. The van der Waals surface area contributed by atoms with E-state index >= 15 is 0 Å². The lowest BCUT2D eigenvalue weighted by molar-refractivity contribution is 0.0888. The number of aryl methyl sites for hydroxylation is 2. The molecule has 12 nitrogen and oxygen atoms in total. The molecule has 8 rings (SSSR count). The number of benzene rings is 3. The van der Waals surface area contributed by atoms with Gasteiger partial charge in [0.1, 0.15) is 17.5 Å². The summed E-state index contributed by atoms with van der Waals surface area (Å²) in [5, 5.41) is 14.6. The summed E-state index contributed by atoms with van der Waals surface area (Å²) < 4.78 is 16.1. The van der Waals surface area contributed by atoms with E-state index in [2.05, 4.69) is 20.8 Å². The van der Waals surface area contributed by atoms with Gasteiger partial charge in [-0.05, 0) is 112 Å². The lowest BCUT2D eigenvalue weighted by atomic mass is 9.84. The quantitative estimate of drug-likeness (QED) is 0.118. The van der Waals surface area contributed by atoms with Crippen LogP contribution < -0.4 is 22.1 Å². The van der Waals surface area contributed by atoms with Crippen molar-refractivity contribution in [2.75, 3.05) is 11.5 Å². The summed E-state index contributed by atoms with van der Waals surface area (Å²) in [7, 11) is 0. The van der Waals surface area contributed by atoms with E-state index < -0.39 is 5.82 Å². The second kappa shape index (κ2) is 15.7. The third-order valence-electron chi connectivity index (χ3n) is 10.4. The molecule has 0 aliphatic heterocycles. The van der Waals surface area contributed by atoms with Crippen LogP contribution in [0.1, 0.15) is 116 Å². The number of hydrogen-bond donors (Lipinski definition) is 4. The molecule has 3 fully saturated rings.